The van der Waals surface area contributed by atoms with Gasteiger partial charge in [-0.05, 0) is 37.8 Å². The van der Waals surface area contributed by atoms with E-state index in [0.29, 0.717) is 43.7 Å². The van der Waals surface area contributed by atoms with E-state index in [4.69, 9.17) is 14.2 Å². The minimum Gasteiger partial charge on any atom is -0.484 e. The molecule has 0 atom stereocenters. The number of hydrogen-bond acceptors (Lipinski definition) is 5. The number of piperidine rings is 1. The molecule has 2 heterocycles. The van der Waals surface area contributed by atoms with Crippen LogP contribution in [0.3, 0.4) is 0 Å². The van der Waals surface area contributed by atoms with Crippen molar-refractivity contribution in [2.24, 2.45) is 11.8 Å². The largest absolute Gasteiger partial charge is 0.484 e. The van der Waals surface area contributed by atoms with Crippen LogP contribution in [0.4, 0.5) is 5.69 Å². The molecule has 1 aromatic rings. The van der Waals surface area contributed by atoms with Crippen molar-refractivity contribution in [2.75, 3.05) is 38.2 Å². The first-order valence-electron chi connectivity index (χ1n) is 9.74. The molecule has 1 N–H and O–H groups in total. The third-order valence-corrected chi connectivity index (χ3v) is 5.34. The van der Waals surface area contributed by atoms with Gasteiger partial charge in [-0.2, -0.15) is 0 Å². The van der Waals surface area contributed by atoms with Crippen LogP contribution >= 0.6 is 0 Å². The van der Waals surface area contributed by atoms with E-state index in [1.165, 1.54) is 0 Å². The minimum absolute atomic E-state index is 0.00111. The molecule has 1 aliphatic carbocycles. The van der Waals surface area contributed by atoms with Crippen molar-refractivity contribution in [3.63, 3.8) is 0 Å². The highest BCUT2D eigenvalue weighted by Gasteiger charge is 2.32. The molecule has 0 unspecified atom stereocenters. The maximum Gasteiger partial charge on any atom is 0.260 e. The minimum atomic E-state index is -0.105. The van der Waals surface area contributed by atoms with Gasteiger partial charge in [-0.25, -0.2) is 0 Å². The molecule has 4 rings (SSSR count). The van der Waals surface area contributed by atoms with Gasteiger partial charge in [0.1, 0.15) is 5.75 Å². The lowest BCUT2D eigenvalue weighted by Gasteiger charge is -2.33. The molecule has 0 aromatic heterocycles. The molecule has 0 radical (unpaired) electrons. The van der Waals surface area contributed by atoms with E-state index in [9.17, 15) is 9.59 Å². The molecule has 146 valence electrons. The second-order valence-corrected chi connectivity index (χ2v) is 7.41. The number of rotatable bonds is 6. The van der Waals surface area contributed by atoms with Gasteiger partial charge in [-0.3, -0.25) is 9.59 Å². The van der Waals surface area contributed by atoms with Crippen LogP contribution in [0.2, 0.25) is 0 Å². The molecule has 2 aliphatic heterocycles. The van der Waals surface area contributed by atoms with Crippen LogP contribution in [0.25, 0.3) is 0 Å². The molecule has 3 aliphatic rings. The lowest BCUT2D eigenvalue weighted by Crippen LogP contribution is -2.43. The summed E-state index contributed by atoms with van der Waals surface area (Å²) in [6.45, 7) is 2.73. The van der Waals surface area contributed by atoms with Gasteiger partial charge in [0.2, 0.25) is 5.91 Å². The molecule has 3 fully saturated rings. The van der Waals surface area contributed by atoms with E-state index in [1.54, 1.807) is 12.1 Å². The zero-order valence-electron chi connectivity index (χ0n) is 15.4. The summed E-state index contributed by atoms with van der Waals surface area (Å²) in [6.07, 6.45) is 3.60. The van der Waals surface area contributed by atoms with Crippen molar-refractivity contribution in [3.8, 4) is 5.75 Å². The summed E-state index contributed by atoms with van der Waals surface area (Å²) in [6, 6.07) is 7.19. The maximum atomic E-state index is 12.4. The summed E-state index contributed by atoms with van der Waals surface area (Å²) in [5.74, 6) is 1.14. The highest BCUT2D eigenvalue weighted by atomic mass is 16.7. The van der Waals surface area contributed by atoms with E-state index < -0.39 is 0 Å². The Morgan fingerprint density at radius 1 is 1.11 bits per heavy atom. The number of carbonyl (C=O) groups excluding carboxylic acids is 2. The summed E-state index contributed by atoms with van der Waals surface area (Å²) in [5.41, 5.74) is 0.703. The van der Waals surface area contributed by atoms with Gasteiger partial charge in [0.15, 0.2) is 12.9 Å². The lowest BCUT2D eigenvalue weighted by molar-refractivity contribution is -0.138. The molecule has 27 heavy (non-hydrogen) atoms. The Labute approximate surface area is 158 Å². The van der Waals surface area contributed by atoms with E-state index in [1.807, 2.05) is 17.0 Å². The fourth-order valence-corrected chi connectivity index (χ4v) is 3.56. The van der Waals surface area contributed by atoms with Gasteiger partial charge >= 0.3 is 0 Å². The fourth-order valence-electron chi connectivity index (χ4n) is 3.56. The predicted octanol–water partition coefficient (Wildman–Crippen LogP) is 2.03. The van der Waals surface area contributed by atoms with E-state index >= 15 is 0 Å². The average Bonchev–Trinajstić information content (AvgIpc) is 3.41. The number of carbonyl (C=O) groups is 2. The molecular weight excluding hydrogens is 348 g/mol. The summed E-state index contributed by atoms with van der Waals surface area (Å²) < 4.78 is 16.8. The number of ether oxygens (including phenoxy) is 3. The average molecular weight is 374 g/mol. The monoisotopic (exact) mass is 374 g/mol. The first-order chi connectivity index (χ1) is 13.2. The summed E-state index contributed by atoms with van der Waals surface area (Å²) >= 11 is 0. The Bertz CT molecular complexity index is 677. The van der Waals surface area contributed by atoms with Crippen molar-refractivity contribution >= 4 is 17.5 Å². The molecular formula is C20H26N2O5. The number of likely N-dealkylation sites (tertiary alicyclic amines) is 1. The SMILES string of the molecule is O=C(Nc1cccc(OCC(=O)N2CCC(C3OCCO3)CC2)c1)C1CC1. The highest BCUT2D eigenvalue weighted by molar-refractivity contribution is 5.94. The molecule has 7 nitrogen and oxygen atoms in total. The van der Waals surface area contributed by atoms with Gasteiger partial charge < -0.3 is 24.4 Å². The molecule has 2 amide bonds. The van der Waals surface area contributed by atoms with Crippen LogP contribution in [0.1, 0.15) is 25.7 Å². The van der Waals surface area contributed by atoms with Crippen LogP contribution in [-0.2, 0) is 19.1 Å². The first kappa shape index (κ1) is 18.3. The quantitative estimate of drug-likeness (QED) is 0.824. The first-order valence-corrected chi connectivity index (χ1v) is 9.74. The standard InChI is InChI=1S/C20H26N2O5/c23-18(22-8-6-15(7-9-22)20-25-10-11-26-20)13-27-17-3-1-2-16(12-17)21-19(24)14-4-5-14/h1-3,12,14-15,20H,4-11,13H2,(H,21,24). The topological polar surface area (TPSA) is 77.1 Å². The van der Waals surface area contributed by atoms with Crippen molar-refractivity contribution in [2.45, 2.75) is 32.0 Å². The van der Waals surface area contributed by atoms with Gasteiger partial charge in [-0.1, -0.05) is 6.07 Å². The van der Waals surface area contributed by atoms with Crippen LogP contribution in [-0.4, -0.2) is 55.9 Å². The number of hydrogen-bond donors (Lipinski definition) is 1. The van der Waals surface area contributed by atoms with Crippen LogP contribution in [0.15, 0.2) is 24.3 Å². The summed E-state index contributed by atoms with van der Waals surface area (Å²) in [5, 5.41) is 2.89. The van der Waals surface area contributed by atoms with E-state index in [0.717, 1.165) is 25.7 Å². The highest BCUT2D eigenvalue weighted by Crippen LogP contribution is 2.30. The van der Waals surface area contributed by atoms with Crippen LogP contribution in [0.5, 0.6) is 5.75 Å². The second kappa shape index (κ2) is 8.27. The van der Waals surface area contributed by atoms with Gasteiger partial charge in [-0.15, -0.1) is 0 Å². The summed E-state index contributed by atoms with van der Waals surface area (Å²) in [7, 11) is 0. The van der Waals surface area contributed by atoms with Gasteiger partial charge in [0.25, 0.3) is 5.91 Å². The Morgan fingerprint density at radius 2 is 1.85 bits per heavy atom. The molecule has 0 bridgehead atoms. The molecule has 0 spiro atoms. The van der Waals surface area contributed by atoms with Crippen molar-refractivity contribution in [1.82, 2.24) is 4.90 Å². The number of benzene rings is 1. The third kappa shape index (κ3) is 4.78. The summed E-state index contributed by atoms with van der Waals surface area (Å²) in [4.78, 5) is 26.1. The fraction of sp³-hybridized carbons (Fsp3) is 0.600. The Morgan fingerprint density at radius 3 is 2.56 bits per heavy atom. The Kier molecular flexibility index (Phi) is 5.59. The molecule has 1 saturated carbocycles. The predicted molar refractivity (Wildman–Crippen MR) is 98.3 cm³/mol. The Hall–Kier alpha value is -2.12. The molecule has 7 heteroatoms. The van der Waals surface area contributed by atoms with Crippen molar-refractivity contribution in [1.29, 1.82) is 0 Å². The van der Waals surface area contributed by atoms with Crippen LogP contribution < -0.4 is 10.1 Å². The number of anilines is 1. The molecule has 2 saturated heterocycles. The zero-order chi connectivity index (χ0) is 18.6. The second-order valence-electron chi connectivity index (χ2n) is 7.41. The number of nitrogens with one attached hydrogen (secondary N) is 1. The normalized spacial score (nSPS) is 21.3. The van der Waals surface area contributed by atoms with Crippen molar-refractivity contribution in [3.05, 3.63) is 24.3 Å². The third-order valence-electron chi connectivity index (χ3n) is 5.34. The Balaban J connectivity index is 1.22. The van der Waals surface area contributed by atoms with E-state index in [-0.39, 0.29) is 30.6 Å². The lowest BCUT2D eigenvalue weighted by atomic mass is 9.96. The zero-order valence-corrected chi connectivity index (χ0v) is 15.4. The smallest absolute Gasteiger partial charge is 0.260 e. The molecule has 1 aromatic carbocycles. The van der Waals surface area contributed by atoms with Gasteiger partial charge in [0, 0.05) is 36.7 Å². The van der Waals surface area contributed by atoms with Crippen LogP contribution in [0, 0.1) is 11.8 Å². The van der Waals surface area contributed by atoms with Crippen molar-refractivity contribution < 1.29 is 23.8 Å². The van der Waals surface area contributed by atoms with E-state index in [2.05, 4.69) is 5.32 Å². The van der Waals surface area contributed by atoms with Gasteiger partial charge in [0.05, 0.1) is 13.2 Å². The maximum absolute atomic E-state index is 12.4. The number of amides is 2. The number of nitrogens with zero attached hydrogens (tertiary/aromatic N) is 1.